The standard InChI is InChI=1S/C25H37BrN6O5/c1-14-19(29-20-16(27-14)18(26)30-32(20)22(34)37-24(6,7)8)31-11-9-25(10-12-31)13-35-15(2)17(25)28-21(33)36-23(3,4)5/h15,17H,9-13H2,1-8H3,(H,28,33)/t15-,17+/m0/s1. The summed E-state index contributed by atoms with van der Waals surface area (Å²) >= 11 is 3.40. The third-order valence-corrected chi connectivity index (χ3v) is 7.20. The van der Waals surface area contributed by atoms with Crippen LogP contribution < -0.4 is 10.2 Å². The summed E-state index contributed by atoms with van der Waals surface area (Å²) in [5, 5.41) is 7.35. The van der Waals surface area contributed by atoms with Crippen LogP contribution in [0.5, 0.6) is 0 Å². The van der Waals surface area contributed by atoms with Gasteiger partial charge < -0.3 is 24.4 Å². The van der Waals surface area contributed by atoms with Crippen LogP contribution in [0.3, 0.4) is 0 Å². The minimum absolute atomic E-state index is 0.113. The molecule has 0 unspecified atom stereocenters. The lowest BCUT2D eigenvalue weighted by Gasteiger charge is -2.43. The van der Waals surface area contributed by atoms with Crippen molar-refractivity contribution in [3.8, 4) is 0 Å². The largest absolute Gasteiger partial charge is 0.444 e. The van der Waals surface area contributed by atoms with Crippen LogP contribution in [-0.4, -0.2) is 75.0 Å². The molecule has 2 aromatic rings. The average Bonchev–Trinajstić information content (AvgIpc) is 3.23. The lowest BCUT2D eigenvalue weighted by Crippen LogP contribution is -2.55. The van der Waals surface area contributed by atoms with Crippen LogP contribution in [0.4, 0.5) is 15.4 Å². The summed E-state index contributed by atoms with van der Waals surface area (Å²) in [6.45, 7) is 16.8. The van der Waals surface area contributed by atoms with Crippen molar-refractivity contribution in [2.24, 2.45) is 5.41 Å². The Morgan fingerprint density at radius 3 is 2.30 bits per heavy atom. The first-order valence-electron chi connectivity index (χ1n) is 12.6. The molecule has 0 bridgehead atoms. The number of hydrogen-bond donors (Lipinski definition) is 1. The van der Waals surface area contributed by atoms with E-state index in [1.54, 1.807) is 20.8 Å². The number of carbonyl (C=O) groups is 2. The molecule has 0 saturated carbocycles. The van der Waals surface area contributed by atoms with Gasteiger partial charge in [-0.15, -0.1) is 4.68 Å². The van der Waals surface area contributed by atoms with Crippen molar-refractivity contribution < 1.29 is 23.8 Å². The zero-order chi connectivity index (χ0) is 27.3. The molecular formula is C25H37BrN6O5. The summed E-state index contributed by atoms with van der Waals surface area (Å²) in [6, 6.07) is -0.149. The molecule has 1 spiro atoms. The Hall–Kier alpha value is -2.47. The van der Waals surface area contributed by atoms with Gasteiger partial charge in [-0.1, -0.05) is 0 Å². The van der Waals surface area contributed by atoms with Crippen LogP contribution in [0, 0.1) is 12.3 Å². The fourth-order valence-electron chi connectivity index (χ4n) is 5.01. The number of aryl methyl sites for hydroxylation is 1. The normalized spacial score (nSPS) is 21.9. The molecule has 1 amide bonds. The van der Waals surface area contributed by atoms with Gasteiger partial charge in [-0.25, -0.2) is 19.6 Å². The highest BCUT2D eigenvalue weighted by atomic mass is 79.9. The van der Waals surface area contributed by atoms with Gasteiger partial charge in [0.25, 0.3) is 0 Å². The van der Waals surface area contributed by atoms with E-state index in [0.717, 1.165) is 23.2 Å². The second-order valence-corrected chi connectivity index (χ2v) is 12.7. The van der Waals surface area contributed by atoms with Gasteiger partial charge in [0.2, 0.25) is 0 Å². The molecule has 2 aliphatic heterocycles. The highest BCUT2D eigenvalue weighted by Gasteiger charge is 2.50. The maximum absolute atomic E-state index is 12.8. The van der Waals surface area contributed by atoms with Crippen LogP contribution in [0.25, 0.3) is 11.2 Å². The topological polar surface area (TPSA) is 121 Å². The van der Waals surface area contributed by atoms with Crippen LogP contribution in [-0.2, 0) is 14.2 Å². The number of piperidine rings is 1. The van der Waals surface area contributed by atoms with Crippen LogP contribution >= 0.6 is 15.9 Å². The fraction of sp³-hybridized carbons (Fsp3) is 0.720. The van der Waals surface area contributed by atoms with Crippen molar-refractivity contribution in [3.63, 3.8) is 0 Å². The number of fused-ring (bicyclic) bond motifs is 1. The lowest BCUT2D eigenvalue weighted by molar-refractivity contribution is 0.0432. The van der Waals surface area contributed by atoms with Gasteiger partial charge in [-0.05, 0) is 84.2 Å². The predicted molar refractivity (Wildman–Crippen MR) is 142 cm³/mol. The monoisotopic (exact) mass is 580 g/mol. The smallest absolute Gasteiger partial charge is 0.437 e. The van der Waals surface area contributed by atoms with Gasteiger partial charge in [-0.3, -0.25) is 0 Å². The number of amides is 1. The van der Waals surface area contributed by atoms with Crippen LogP contribution in [0.15, 0.2) is 4.60 Å². The van der Waals surface area contributed by atoms with Crippen LogP contribution in [0.1, 0.15) is 67.0 Å². The quantitative estimate of drug-likeness (QED) is 0.543. The molecule has 1 N–H and O–H groups in total. The van der Waals surface area contributed by atoms with Crippen molar-refractivity contribution in [2.75, 3.05) is 24.6 Å². The van der Waals surface area contributed by atoms with Crippen molar-refractivity contribution in [2.45, 2.75) is 91.6 Å². The average molecular weight is 582 g/mol. The maximum Gasteiger partial charge on any atom is 0.437 e. The summed E-state index contributed by atoms with van der Waals surface area (Å²) in [5.41, 5.74) is 0.143. The zero-order valence-electron chi connectivity index (χ0n) is 22.8. The Bertz CT molecular complexity index is 1190. The second-order valence-electron chi connectivity index (χ2n) is 12.0. The van der Waals surface area contributed by atoms with E-state index in [9.17, 15) is 9.59 Å². The first kappa shape index (κ1) is 27.6. The molecule has 4 rings (SSSR count). The van der Waals surface area contributed by atoms with E-state index >= 15 is 0 Å². The van der Waals surface area contributed by atoms with Gasteiger partial charge in [0.15, 0.2) is 16.1 Å². The first-order valence-corrected chi connectivity index (χ1v) is 13.4. The van der Waals surface area contributed by atoms with E-state index < -0.39 is 23.4 Å². The number of halogens is 1. The number of carbonyl (C=O) groups excluding carboxylic acids is 2. The molecule has 2 saturated heterocycles. The molecule has 37 heavy (non-hydrogen) atoms. The third kappa shape index (κ3) is 5.84. The maximum atomic E-state index is 12.8. The third-order valence-electron chi connectivity index (χ3n) is 6.67. The molecule has 12 heteroatoms. The van der Waals surface area contributed by atoms with Gasteiger partial charge in [-0.2, -0.15) is 5.10 Å². The number of ether oxygens (including phenoxy) is 3. The summed E-state index contributed by atoms with van der Waals surface area (Å²) in [6.07, 6.45) is 0.443. The molecule has 204 valence electrons. The van der Waals surface area contributed by atoms with Gasteiger partial charge in [0.05, 0.1) is 24.4 Å². The number of alkyl carbamates (subject to hydrolysis) is 1. The minimum Gasteiger partial charge on any atom is -0.444 e. The molecule has 2 fully saturated rings. The Kier molecular flexibility index (Phi) is 7.21. The predicted octanol–water partition coefficient (Wildman–Crippen LogP) is 4.58. The summed E-state index contributed by atoms with van der Waals surface area (Å²) < 4.78 is 18.6. The summed E-state index contributed by atoms with van der Waals surface area (Å²) in [4.78, 5) is 37.0. The van der Waals surface area contributed by atoms with Crippen molar-refractivity contribution in [3.05, 3.63) is 10.3 Å². The highest BCUT2D eigenvalue weighted by Crippen LogP contribution is 2.43. The Morgan fingerprint density at radius 1 is 1.08 bits per heavy atom. The Morgan fingerprint density at radius 2 is 1.70 bits per heavy atom. The molecular weight excluding hydrogens is 544 g/mol. The van der Waals surface area contributed by atoms with E-state index in [4.69, 9.17) is 24.2 Å². The van der Waals surface area contributed by atoms with E-state index in [-0.39, 0.29) is 17.6 Å². The summed E-state index contributed by atoms with van der Waals surface area (Å²) in [5.74, 6) is 0.697. The lowest BCUT2D eigenvalue weighted by atomic mass is 9.73. The van der Waals surface area contributed by atoms with Crippen LogP contribution in [0.2, 0.25) is 0 Å². The Labute approximate surface area is 225 Å². The first-order chi connectivity index (χ1) is 17.1. The number of hydrogen-bond acceptors (Lipinski definition) is 9. The molecule has 0 aliphatic carbocycles. The number of nitrogens with one attached hydrogen (secondary N) is 1. The van der Waals surface area contributed by atoms with E-state index in [2.05, 4.69) is 31.2 Å². The fourth-order valence-corrected chi connectivity index (χ4v) is 5.43. The SMILES string of the molecule is Cc1nc2c(Br)nn(C(=O)OC(C)(C)C)c2nc1N1CCC2(CC1)CO[C@@H](C)[C@H]2NC(=O)OC(C)(C)C. The molecule has 2 aliphatic rings. The van der Waals surface area contributed by atoms with Gasteiger partial charge in [0.1, 0.15) is 16.7 Å². The summed E-state index contributed by atoms with van der Waals surface area (Å²) in [7, 11) is 0. The number of anilines is 1. The molecule has 4 heterocycles. The van der Waals surface area contributed by atoms with E-state index in [0.29, 0.717) is 41.3 Å². The van der Waals surface area contributed by atoms with Crippen molar-refractivity contribution in [1.29, 1.82) is 0 Å². The van der Waals surface area contributed by atoms with Gasteiger partial charge >= 0.3 is 12.2 Å². The number of nitrogens with zero attached hydrogens (tertiary/aromatic N) is 5. The molecule has 0 aromatic carbocycles. The van der Waals surface area contributed by atoms with Crippen molar-refractivity contribution >= 4 is 45.1 Å². The highest BCUT2D eigenvalue weighted by molar-refractivity contribution is 9.10. The van der Waals surface area contributed by atoms with E-state index in [1.165, 1.54) is 0 Å². The van der Waals surface area contributed by atoms with E-state index in [1.807, 2.05) is 34.6 Å². The minimum atomic E-state index is -0.672. The second kappa shape index (κ2) is 9.68. The number of aromatic nitrogens is 4. The molecule has 11 nitrogen and oxygen atoms in total. The molecule has 2 aromatic heterocycles. The number of rotatable bonds is 2. The molecule has 2 atom stereocenters. The van der Waals surface area contributed by atoms with Crippen molar-refractivity contribution in [1.82, 2.24) is 25.1 Å². The molecule has 0 radical (unpaired) electrons. The Balaban J connectivity index is 1.55. The zero-order valence-corrected chi connectivity index (χ0v) is 24.4. The van der Waals surface area contributed by atoms with Gasteiger partial charge in [0, 0.05) is 18.5 Å².